The number of aryl methyl sites for hydroxylation is 2. The van der Waals surface area contributed by atoms with Crippen LogP contribution in [0.15, 0.2) is 16.6 Å². The summed E-state index contributed by atoms with van der Waals surface area (Å²) in [7, 11) is 0. The topological polar surface area (TPSA) is 35.8 Å². The summed E-state index contributed by atoms with van der Waals surface area (Å²) in [4.78, 5) is 0. The van der Waals surface area contributed by atoms with Crippen molar-refractivity contribution in [3.63, 3.8) is 0 Å². The van der Waals surface area contributed by atoms with Gasteiger partial charge < -0.3 is 5.32 Å². The average molecular weight is 253 g/mol. The van der Waals surface area contributed by atoms with Gasteiger partial charge in [-0.15, -0.1) is 0 Å². The molecular weight excluding hydrogens is 240 g/mol. The van der Waals surface area contributed by atoms with Crippen molar-refractivity contribution in [2.75, 3.05) is 5.32 Å². The van der Waals surface area contributed by atoms with Gasteiger partial charge in [-0.25, -0.2) is 0 Å². The van der Waals surface area contributed by atoms with Crippen LogP contribution in [0.2, 0.25) is 0 Å². The van der Waals surface area contributed by atoms with Crippen LogP contribution in [0.25, 0.3) is 0 Å². The SMILES string of the molecule is Cc1cc(Br)cc(C)c1NC(C)C#N. The van der Waals surface area contributed by atoms with Crippen LogP contribution in [-0.2, 0) is 0 Å². The molecule has 1 rings (SSSR count). The standard InChI is InChI=1S/C11H13BrN2/c1-7-4-10(12)5-8(2)11(7)14-9(3)6-13/h4-5,9,14H,1-3H3. The van der Waals surface area contributed by atoms with Gasteiger partial charge in [-0.3, -0.25) is 0 Å². The molecule has 0 saturated carbocycles. The fraction of sp³-hybridized carbons (Fsp3) is 0.364. The van der Waals surface area contributed by atoms with Crippen molar-refractivity contribution in [3.05, 3.63) is 27.7 Å². The molecule has 3 heteroatoms. The number of rotatable bonds is 2. The van der Waals surface area contributed by atoms with Crippen LogP contribution in [-0.4, -0.2) is 6.04 Å². The van der Waals surface area contributed by atoms with E-state index in [0.717, 1.165) is 21.3 Å². The molecule has 0 aliphatic rings. The minimum absolute atomic E-state index is 0.159. The van der Waals surface area contributed by atoms with Gasteiger partial charge in [0.25, 0.3) is 0 Å². The Morgan fingerprint density at radius 1 is 1.36 bits per heavy atom. The quantitative estimate of drug-likeness (QED) is 0.876. The molecule has 2 nitrogen and oxygen atoms in total. The maximum atomic E-state index is 8.71. The first-order valence-electron chi connectivity index (χ1n) is 4.47. The van der Waals surface area contributed by atoms with Crippen molar-refractivity contribution in [2.24, 2.45) is 0 Å². The molecule has 74 valence electrons. The molecule has 1 N–H and O–H groups in total. The van der Waals surface area contributed by atoms with E-state index < -0.39 is 0 Å². The molecule has 1 unspecified atom stereocenters. The molecular formula is C11H13BrN2. The molecule has 1 atom stereocenters. The van der Waals surface area contributed by atoms with Crippen LogP contribution >= 0.6 is 15.9 Å². The van der Waals surface area contributed by atoms with Gasteiger partial charge in [0.1, 0.15) is 6.04 Å². The highest BCUT2D eigenvalue weighted by Crippen LogP contribution is 2.25. The molecule has 0 radical (unpaired) electrons. The highest BCUT2D eigenvalue weighted by molar-refractivity contribution is 9.10. The van der Waals surface area contributed by atoms with E-state index in [1.165, 1.54) is 0 Å². The third-order valence-corrected chi connectivity index (χ3v) is 2.51. The molecule has 1 aromatic rings. The van der Waals surface area contributed by atoms with Crippen molar-refractivity contribution >= 4 is 21.6 Å². The second-order valence-corrected chi connectivity index (χ2v) is 4.33. The first kappa shape index (κ1) is 11.1. The van der Waals surface area contributed by atoms with Gasteiger partial charge in [0.2, 0.25) is 0 Å². The molecule has 0 aliphatic heterocycles. The summed E-state index contributed by atoms with van der Waals surface area (Å²) in [5.41, 5.74) is 3.36. The average Bonchev–Trinajstić information content (AvgIpc) is 2.10. The highest BCUT2D eigenvalue weighted by atomic mass is 79.9. The maximum Gasteiger partial charge on any atom is 0.111 e. The van der Waals surface area contributed by atoms with E-state index in [-0.39, 0.29) is 6.04 Å². The molecule has 1 aromatic carbocycles. The molecule has 0 aromatic heterocycles. The summed E-state index contributed by atoms with van der Waals surface area (Å²) in [6.07, 6.45) is 0. The Labute approximate surface area is 93.1 Å². The van der Waals surface area contributed by atoms with Crippen molar-refractivity contribution in [1.29, 1.82) is 5.26 Å². The zero-order valence-corrected chi connectivity index (χ0v) is 10.1. The maximum absolute atomic E-state index is 8.71. The third kappa shape index (κ3) is 2.49. The first-order chi connectivity index (χ1) is 6.54. The van der Waals surface area contributed by atoms with E-state index in [2.05, 4.69) is 27.3 Å². The fourth-order valence-corrected chi connectivity index (χ4v) is 2.07. The van der Waals surface area contributed by atoms with Crippen LogP contribution < -0.4 is 5.32 Å². The zero-order valence-electron chi connectivity index (χ0n) is 8.56. The second-order valence-electron chi connectivity index (χ2n) is 3.41. The van der Waals surface area contributed by atoms with Gasteiger partial charge >= 0.3 is 0 Å². The normalized spacial score (nSPS) is 11.9. The molecule has 0 spiro atoms. The molecule has 0 fully saturated rings. The molecule has 0 amide bonds. The summed E-state index contributed by atoms with van der Waals surface area (Å²) in [6, 6.07) is 6.08. The summed E-state index contributed by atoms with van der Waals surface area (Å²) in [5.74, 6) is 0. The van der Waals surface area contributed by atoms with Gasteiger partial charge in [-0.2, -0.15) is 5.26 Å². The van der Waals surface area contributed by atoms with E-state index in [9.17, 15) is 0 Å². The zero-order chi connectivity index (χ0) is 10.7. The Hall–Kier alpha value is -1.01. The Kier molecular flexibility index (Phi) is 3.54. The van der Waals surface area contributed by atoms with Crippen molar-refractivity contribution in [3.8, 4) is 6.07 Å². The molecule has 0 aliphatic carbocycles. The minimum Gasteiger partial charge on any atom is -0.370 e. The lowest BCUT2D eigenvalue weighted by molar-refractivity contribution is 1.00. The van der Waals surface area contributed by atoms with E-state index in [1.54, 1.807) is 0 Å². The molecule has 14 heavy (non-hydrogen) atoms. The number of nitrogens with one attached hydrogen (secondary N) is 1. The van der Waals surface area contributed by atoms with Crippen LogP contribution in [0.1, 0.15) is 18.1 Å². The van der Waals surface area contributed by atoms with Gasteiger partial charge in [0, 0.05) is 10.2 Å². The highest BCUT2D eigenvalue weighted by Gasteiger charge is 2.06. The van der Waals surface area contributed by atoms with E-state index >= 15 is 0 Å². The largest absolute Gasteiger partial charge is 0.370 e. The van der Waals surface area contributed by atoms with Gasteiger partial charge in [0.15, 0.2) is 0 Å². The predicted molar refractivity (Wildman–Crippen MR) is 62.3 cm³/mol. The number of halogens is 1. The monoisotopic (exact) mass is 252 g/mol. The first-order valence-corrected chi connectivity index (χ1v) is 5.26. The summed E-state index contributed by atoms with van der Waals surface area (Å²) >= 11 is 3.44. The van der Waals surface area contributed by atoms with Crippen molar-refractivity contribution in [1.82, 2.24) is 0 Å². The lowest BCUT2D eigenvalue weighted by Gasteiger charge is -2.14. The third-order valence-electron chi connectivity index (χ3n) is 2.05. The lowest BCUT2D eigenvalue weighted by atomic mass is 10.1. The van der Waals surface area contributed by atoms with E-state index in [1.807, 2.05) is 32.9 Å². The number of hydrogen-bond acceptors (Lipinski definition) is 2. The fourth-order valence-electron chi connectivity index (χ4n) is 1.39. The van der Waals surface area contributed by atoms with Crippen molar-refractivity contribution < 1.29 is 0 Å². The number of hydrogen-bond donors (Lipinski definition) is 1. The molecule has 0 heterocycles. The van der Waals surface area contributed by atoms with Gasteiger partial charge in [-0.1, -0.05) is 15.9 Å². The number of benzene rings is 1. The van der Waals surface area contributed by atoms with Gasteiger partial charge in [0.05, 0.1) is 6.07 Å². The van der Waals surface area contributed by atoms with Crippen LogP contribution in [0.4, 0.5) is 5.69 Å². The Balaban J connectivity index is 3.04. The van der Waals surface area contributed by atoms with Crippen LogP contribution in [0.3, 0.4) is 0 Å². The Morgan fingerprint density at radius 3 is 2.29 bits per heavy atom. The second kappa shape index (κ2) is 4.47. The summed E-state index contributed by atoms with van der Waals surface area (Å²) < 4.78 is 1.07. The number of nitrogens with zero attached hydrogens (tertiary/aromatic N) is 1. The smallest absolute Gasteiger partial charge is 0.111 e. The molecule has 0 bridgehead atoms. The Bertz CT molecular complexity index is 356. The summed E-state index contributed by atoms with van der Waals surface area (Å²) in [6.45, 7) is 5.91. The van der Waals surface area contributed by atoms with Crippen LogP contribution in [0.5, 0.6) is 0 Å². The van der Waals surface area contributed by atoms with Crippen LogP contribution in [0, 0.1) is 25.2 Å². The van der Waals surface area contributed by atoms with Gasteiger partial charge in [-0.05, 0) is 44.0 Å². The van der Waals surface area contributed by atoms with E-state index in [0.29, 0.717) is 0 Å². The lowest BCUT2D eigenvalue weighted by Crippen LogP contribution is -2.13. The molecule has 0 saturated heterocycles. The van der Waals surface area contributed by atoms with E-state index in [4.69, 9.17) is 5.26 Å². The number of nitriles is 1. The van der Waals surface area contributed by atoms with Crippen molar-refractivity contribution in [2.45, 2.75) is 26.8 Å². The minimum atomic E-state index is -0.159. The number of anilines is 1. The summed E-state index contributed by atoms with van der Waals surface area (Å²) in [5, 5.41) is 11.9. The predicted octanol–water partition coefficient (Wildman–Crippen LogP) is 3.39. The Morgan fingerprint density at radius 2 is 1.86 bits per heavy atom.